The molecule has 0 radical (unpaired) electrons. The first-order valence-corrected chi connectivity index (χ1v) is 13.3. The predicted molar refractivity (Wildman–Crippen MR) is 139 cm³/mol. The molecule has 1 aromatic rings. The summed E-state index contributed by atoms with van der Waals surface area (Å²) in [6.45, 7) is 2.76. The average Bonchev–Trinajstić information content (AvgIpc) is 2.85. The van der Waals surface area contributed by atoms with Crippen molar-refractivity contribution in [2.45, 2.75) is 110 Å². The molecule has 0 saturated heterocycles. The minimum absolute atomic E-state index is 0.0213. The van der Waals surface area contributed by atoms with Crippen molar-refractivity contribution in [2.24, 2.45) is 0 Å². The van der Waals surface area contributed by atoms with Gasteiger partial charge in [-0.15, -0.1) is 0 Å². The fraction of sp³-hybridized carbons (Fsp3) is 0.690. The normalized spacial score (nSPS) is 12.2. The van der Waals surface area contributed by atoms with Crippen LogP contribution in [-0.2, 0) is 20.9 Å². The van der Waals surface area contributed by atoms with E-state index in [4.69, 9.17) is 14.2 Å². The summed E-state index contributed by atoms with van der Waals surface area (Å²) in [5.74, 6) is 0.550. The van der Waals surface area contributed by atoms with Crippen LogP contribution in [0.2, 0.25) is 0 Å². The first kappa shape index (κ1) is 30.2. The summed E-state index contributed by atoms with van der Waals surface area (Å²) in [6.07, 6.45) is 20.3. The first-order chi connectivity index (χ1) is 16.7. The molecule has 5 nitrogen and oxygen atoms in total. The maximum Gasteiger partial charge on any atom is 0.305 e. The molecule has 0 fully saturated rings. The van der Waals surface area contributed by atoms with E-state index >= 15 is 0 Å². The number of esters is 1. The third-order valence-corrected chi connectivity index (χ3v) is 5.82. The Morgan fingerprint density at radius 1 is 0.853 bits per heavy atom. The highest BCUT2D eigenvalue weighted by Gasteiger charge is 2.09. The summed E-state index contributed by atoms with van der Waals surface area (Å²) >= 11 is 0. The monoisotopic (exact) mass is 476 g/mol. The molecule has 0 bridgehead atoms. The molecule has 1 atom stereocenters. The Hall–Kier alpha value is -1.85. The number of hydrogen-bond donors (Lipinski definition) is 1. The van der Waals surface area contributed by atoms with Crippen LogP contribution < -0.4 is 4.74 Å². The molecule has 0 aromatic heterocycles. The molecule has 1 aromatic carbocycles. The molecule has 0 aliphatic heterocycles. The van der Waals surface area contributed by atoms with Crippen LogP contribution in [0.15, 0.2) is 36.4 Å². The molecule has 0 aliphatic carbocycles. The molecule has 0 aliphatic rings. The second-order valence-electron chi connectivity index (χ2n) is 9.03. The van der Waals surface area contributed by atoms with Gasteiger partial charge in [-0.3, -0.25) is 4.79 Å². The van der Waals surface area contributed by atoms with E-state index in [0.717, 1.165) is 37.0 Å². The number of benzene rings is 1. The van der Waals surface area contributed by atoms with Crippen molar-refractivity contribution in [2.75, 3.05) is 20.3 Å². The topological polar surface area (TPSA) is 65.0 Å². The summed E-state index contributed by atoms with van der Waals surface area (Å²) < 4.78 is 15.8. The number of carbonyl (C=O) groups excluding carboxylic acids is 1. The molecule has 34 heavy (non-hydrogen) atoms. The van der Waals surface area contributed by atoms with Crippen molar-refractivity contribution in [3.05, 3.63) is 42.0 Å². The SMILES string of the molecule is CCCCCCCC/C=C\CCCCCCCC(=O)OC[C@@H](O)COCc1ccc(OC)cc1. The molecular formula is C29H48O5. The zero-order valence-electron chi connectivity index (χ0n) is 21.6. The van der Waals surface area contributed by atoms with Crippen LogP contribution in [0.3, 0.4) is 0 Å². The second kappa shape index (κ2) is 21.7. The Bertz CT molecular complexity index is 626. The van der Waals surface area contributed by atoms with Crippen LogP contribution in [0.4, 0.5) is 0 Å². The van der Waals surface area contributed by atoms with Crippen molar-refractivity contribution in [1.82, 2.24) is 0 Å². The number of rotatable bonds is 22. The number of allylic oxidation sites excluding steroid dienone is 2. The molecule has 0 unspecified atom stereocenters. The fourth-order valence-electron chi connectivity index (χ4n) is 3.68. The van der Waals surface area contributed by atoms with Gasteiger partial charge in [-0.05, 0) is 49.8 Å². The number of unbranched alkanes of at least 4 members (excludes halogenated alkanes) is 11. The summed E-state index contributed by atoms with van der Waals surface area (Å²) in [6, 6.07) is 7.57. The molecular weight excluding hydrogens is 428 g/mol. The Morgan fingerprint density at radius 3 is 2.06 bits per heavy atom. The number of ether oxygens (including phenoxy) is 3. The number of methoxy groups -OCH3 is 1. The van der Waals surface area contributed by atoms with Crippen LogP contribution in [0, 0.1) is 0 Å². The highest BCUT2D eigenvalue weighted by atomic mass is 16.5. The van der Waals surface area contributed by atoms with Crippen molar-refractivity contribution in [3.8, 4) is 5.75 Å². The predicted octanol–water partition coefficient (Wildman–Crippen LogP) is 7.15. The summed E-state index contributed by atoms with van der Waals surface area (Å²) in [7, 11) is 1.63. The molecule has 0 spiro atoms. The molecule has 194 valence electrons. The van der Waals surface area contributed by atoms with E-state index in [2.05, 4.69) is 19.1 Å². The van der Waals surface area contributed by atoms with Crippen LogP contribution in [0.25, 0.3) is 0 Å². The van der Waals surface area contributed by atoms with Gasteiger partial charge in [0.2, 0.25) is 0 Å². The van der Waals surface area contributed by atoms with Crippen LogP contribution in [0.5, 0.6) is 5.75 Å². The third kappa shape index (κ3) is 17.6. The van der Waals surface area contributed by atoms with Gasteiger partial charge >= 0.3 is 5.97 Å². The minimum atomic E-state index is -0.809. The number of aliphatic hydroxyl groups is 1. The van der Waals surface area contributed by atoms with E-state index in [1.165, 1.54) is 57.8 Å². The van der Waals surface area contributed by atoms with Crippen LogP contribution in [0.1, 0.15) is 102 Å². The molecule has 5 heteroatoms. The Balaban J connectivity index is 1.88. The lowest BCUT2D eigenvalue weighted by Gasteiger charge is -2.12. The van der Waals surface area contributed by atoms with E-state index in [1.807, 2.05) is 24.3 Å². The van der Waals surface area contributed by atoms with Gasteiger partial charge in [0.05, 0.1) is 20.3 Å². The summed E-state index contributed by atoms with van der Waals surface area (Å²) in [5, 5.41) is 9.93. The highest BCUT2D eigenvalue weighted by Crippen LogP contribution is 2.12. The average molecular weight is 477 g/mol. The largest absolute Gasteiger partial charge is 0.497 e. The van der Waals surface area contributed by atoms with Gasteiger partial charge in [0, 0.05) is 6.42 Å². The van der Waals surface area contributed by atoms with Gasteiger partial charge in [0.15, 0.2) is 0 Å². The lowest BCUT2D eigenvalue weighted by atomic mass is 10.1. The van der Waals surface area contributed by atoms with E-state index in [9.17, 15) is 9.90 Å². The minimum Gasteiger partial charge on any atom is -0.497 e. The Kier molecular flexibility index (Phi) is 19.2. The van der Waals surface area contributed by atoms with E-state index in [1.54, 1.807) is 7.11 Å². The van der Waals surface area contributed by atoms with Crippen molar-refractivity contribution in [1.29, 1.82) is 0 Å². The summed E-state index contributed by atoms with van der Waals surface area (Å²) in [4.78, 5) is 11.8. The number of aliphatic hydroxyl groups excluding tert-OH is 1. The first-order valence-electron chi connectivity index (χ1n) is 13.3. The Labute approximate surface area is 207 Å². The van der Waals surface area contributed by atoms with E-state index in [0.29, 0.717) is 13.0 Å². The van der Waals surface area contributed by atoms with Crippen LogP contribution >= 0.6 is 0 Å². The molecule has 0 heterocycles. The van der Waals surface area contributed by atoms with Crippen molar-refractivity contribution in [3.63, 3.8) is 0 Å². The van der Waals surface area contributed by atoms with E-state index < -0.39 is 6.10 Å². The lowest BCUT2D eigenvalue weighted by Crippen LogP contribution is -2.23. The number of carbonyl (C=O) groups is 1. The zero-order valence-corrected chi connectivity index (χ0v) is 21.6. The van der Waals surface area contributed by atoms with Gasteiger partial charge in [-0.25, -0.2) is 0 Å². The fourth-order valence-corrected chi connectivity index (χ4v) is 3.68. The van der Waals surface area contributed by atoms with Gasteiger partial charge in [0.25, 0.3) is 0 Å². The maximum absolute atomic E-state index is 11.8. The molecule has 0 saturated carbocycles. The van der Waals surface area contributed by atoms with Crippen LogP contribution in [-0.4, -0.2) is 37.5 Å². The highest BCUT2D eigenvalue weighted by molar-refractivity contribution is 5.69. The lowest BCUT2D eigenvalue weighted by molar-refractivity contribution is -0.148. The van der Waals surface area contributed by atoms with Gasteiger partial charge in [-0.2, -0.15) is 0 Å². The quantitative estimate of drug-likeness (QED) is 0.109. The molecule has 1 N–H and O–H groups in total. The third-order valence-electron chi connectivity index (χ3n) is 5.82. The molecule has 1 rings (SSSR count). The van der Waals surface area contributed by atoms with Gasteiger partial charge < -0.3 is 19.3 Å². The van der Waals surface area contributed by atoms with E-state index in [-0.39, 0.29) is 19.2 Å². The smallest absolute Gasteiger partial charge is 0.305 e. The zero-order chi connectivity index (χ0) is 24.7. The maximum atomic E-state index is 11.8. The molecule has 0 amide bonds. The second-order valence-corrected chi connectivity index (χ2v) is 9.03. The summed E-state index contributed by atoms with van der Waals surface area (Å²) in [5.41, 5.74) is 0.995. The van der Waals surface area contributed by atoms with Crippen molar-refractivity contribution < 1.29 is 24.1 Å². The Morgan fingerprint density at radius 2 is 1.44 bits per heavy atom. The number of hydrogen-bond acceptors (Lipinski definition) is 5. The van der Waals surface area contributed by atoms with Gasteiger partial charge in [-0.1, -0.05) is 82.6 Å². The van der Waals surface area contributed by atoms with Crippen molar-refractivity contribution >= 4 is 5.97 Å². The standard InChI is InChI=1S/C29H48O5/c1-3-4-5-6-7-8-9-10-11-12-13-14-15-16-17-18-29(31)34-25-27(30)24-33-23-26-19-21-28(32-2)22-20-26/h10-11,19-22,27,30H,3-9,12-18,23-25H2,1-2H3/b11-10-/t27-/m0/s1. The van der Waals surface area contributed by atoms with Gasteiger partial charge in [0.1, 0.15) is 18.5 Å².